The minimum atomic E-state index is 0.831. The molecule has 0 atom stereocenters. The number of rotatable bonds is 5. The first kappa shape index (κ1) is 14.2. The SMILES string of the molecule is CC1CCC(CNc2ccccc2Cn2cccn2)CC1. The third kappa shape index (κ3) is 3.87. The normalized spacial score (nSPS) is 22.1. The van der Waals surface area contributed by atoms with Crippen molar-refractivity contribution in [3.8, 4) is 0 Å². The lowest BCUT2D eigenvalue weighted by Gasteiger charge is -2.27. The molecule has 0 aliphatic heterocycles. The molecule has 1 heterocycles. The molecule has 21 heavy (non-hydrogen) atoms. The second-order valence-corrected chi connectivity index (χ2v) is 6.37. The van der Waals surface area contributed by atoms with Crippen molar-refractivity contribution < 1.29 is 0 Å². The van der Waals surface area contributed by atoms with Crippen molar-refractivity contribution in [2.75, 3.05) is 11.9 Å². The van der Waals surface area contributed by atoms with Crippen LogP contribution in [0.2, 0.25) is 0 Å². The molecule has 1 N–H and O–H groups in total. The van der Waals surface area contributed by atoms with Gasteiger partial charge < -0.3 is 5.32 Å². The van der Waals surface area contributed by atoms with Crippen LogP contribution in [0.15, 0.2) is 42.7 Å². The van der Waals surface area contributed by atoms with Gasteiger partial charge in [0.1, 0.15) is 0 Å². The second-order valence-electron chi connectivity index (χ2n) is 6.37. The van der Waals surface area contributed by atoms with Crippen LogP contribution in [0.25, 0.3) is 0 Å². The lowest BCUT2D eigenvalue weighted by molar-refractivity contribution is 0.300. The lowest BCUT2D eigenvalue weighted by atomic mass is 9.83. The van der Waals surface area contributed by atoms with Gasteiger partial charge in [-0.2, -0.15) is 5.10 Å². The number of hydrogen-bond donors (Lipinski definition) is 1. The Morgan fingerprint density at radius 2 is 1.95 bits per heavy atom. The molecule has 1 saturated carbocycles. The van der Waals surface area contributed by atoms with E-state index in [1.807, 2.05) is 23.1 Å². The molecule has 0 bridgehead atoms. The van der Waals surface area contributed by atoms with Crippen LogP contribution in [-0.4, -0.2) is 16.3 Å². The molecule has 0 amide bonds. The summed E-state index contributed by atoms with van der Waals surface area (Å²) in [4.78, 5) is 0. The molecule has 2 aromatic rings. The fraction of sp³-hybridized carbons (Fsp3) is 0.500. The topological polar surface area (TPSA) is 29.9 Å². The molecule has 1 aliphatic carbocycles. The van der Waals surface area contributed by atoms with E-state index in [0.717, 1.165) is 24.9 Å². The summed E-state index contributed by atoms with van der Waals surface area (Å²) in [6, 6.07) is 10.6. The highest BCUT2D eigenvalue weighted by atomic mass is 15.3. The van der Waals surface area contributed by atoms with E-state index < -0.39 is 0 Å². The molecule has 0 saturated heterocycles. The Labute approximate surface area is 127 Å². The molecule has 3 nitrogen and oxygen atoms in total. The summed E-state index contributed by atoms with van der Waals surface area (Å²) < 4.78 is 1.98. The minimum Gasteiger partial charge on any atom is -0.384 e. The standard InChI is InChI=1S/C18H25N3/c1-15-7-9-16(10-8-15)13-19-18-6-3-2-5-17(18)14-21-12-4-11-20-21/h2-6,11-12,15-16,19H,7-10,13-14H2,1H3. The van der Waals surface area contributed by atoms with E-state index >= 15 is 0 Å². The first-order chi connectivity index (χ1) is 10.3. The molecule has 1 aromatic heterocycles. The monoisotopic (exact) mass is 283 g/mol. The Kier molecular flexibility index (Phi) is 4.59. The number of para-hydroxylation sites is 1. The first-order valence-electron chi connectivity index (χ1n) is 8.10. The van der Waals surface area contributed by atoms with E-state index in [1.165, 1.54) is 36.9 Å². The van der Waals surface area contributed by atoms with Gasteiger partial charge in [-0.05, 0) is 42.4 Å². The van der Waals surface area contributed by atoms with Crippen molar-refractivity contribution in [2.24, 2.45) is 11.8 Å². The maximum atomic E-state index is 4.30. The van der Waals surface area contributed by atoms with Gasteiger partial charge in [-0.3, -0.25) is 4.68 Å². The van der Waals surface area contributed by atoms with Gasteiger partial charge in [0.25, 0.3) is 0 Å². The number of hydrogen-bond acceptors (Lipinski definition) is 2. The van der Waals surface area contributed by atoms with Crippen LogP contribution in [0, 0.1) is 11.8 Å². The molecule has 0 unspecified atom stereocenters. The third-order valence-electron chi connectivity index (χ3n) is 4.63. The third-order valence-corrected chi connectivity index (χ3v) is 4.63. The average molecular weight is 283 g/mol. The van der Waals surface area contributed by atoms with Gasteiger partial charge in [0.05, 0.1) is 6.54 Å². The molecule has 3 rings (SSSR count). The van der Waals surface area contributed by atoms with Crippen LogP contribution >= 0.6 is 0 Å². The zero-order valence-electron chi connectivity index (χ0n) is 12.8. The summed E-state index contributed by atoms with van der Waals surface area (Å²) >= 11 is 0. The molecule has 1 aliphatic rings. The van der Waals surface area contributed by atoms with Crippen LogP contribution < -0.4 is 5.32 Å². The van der Waals surface area contributed by atoms with Crippen LogP contribution in [0.1, 0.15) is 38.2 Å². The number of nitrogens with one attached hydrogen (secondary N) is 1. The van der Waals surface area contributed by atoms with Gasteiger partial charge in [0, 0.05) is 24.6 Å². The zero-order chi connectivity index (χ0) is 14.5. The van der Waals surface area contributed by atoms with Crippen molar-refractivity contribution in [2.45, 2.75) is 39.2 Å². The van der Waals surface area contributed by atoms with E-state index in [9.17, 15) is 0 Å². The molecule has 112 valence electrons. The predicted molar refractivity (Wildman–Crippen MR) is 87.4 cm³/mol. The van der Waals surface area contributed by atoms with Crippen molar-refractivity contribution in [3.05, 3.63) is 48.3 Å². The quantitative estimate of drug-likeness (QED) is 0.892. The van der Waals surface area contributed by atoms with Gasteiger partial charge in [-0.25, -0.2) is 0 Å². The molecule has 0 radical (unpaired) electrons. The number of aromatic nitrogens is 2. The number of nitrogens with zero attached hydrogens (tertiary/aromatic N) is 2. The molecule has 1 fully saturated rings. The van der Waals surface area contributed by atoms with Gasteiger partial charge in [0.2, 0.25) is 0 Å². The highest BCUT2D eigenvalue weighted by Gasteiger charge is 2.18. The Bertz CT molecular complexity index is 539. The maximum absolute atomic E-state index is 4.30. The van der Waals surface area contributed by atoms with Crippen molar-refractivity contribution in [3.63, 3.8) is 0 Å². The number of benzene rings is 1. The molecular formula is C18H25N3. The summed E-state index contributed by atoms with van der Waals surface area (Å²) in [6.45, 7) is 4.31. The summed E-state index contributed by atoms with van der Waals surface area (Å²) in [5, 5.41) is 7.97. The second kappa shape index (κ2) is 6.79. The van der Waals surface area contributed by atoms with Gasteiger partial charge >= 0.3 is 0 Å². The van der Waals surface area contributed by atoms with E-state index in [2.05, 4.69) is 41.6 Å². The van der Waals surface area contributed by atoms with E-state index in [0.29, 0.717) is 0 Å². The Morgan fingerprint density at radius 1 is 1.14 bits per heavy atom. The van der Waals surface area contributed by atoms with E-state index in [1.54, 1.807) is 0 Å². The largest absolute Gasteiger partial charge is 0.384 e. The smallest absolute Gasteiger partial charge is 0.0679 e. The lowest BCUT2D eigenvalue weighted by Crippen LogP contribution is -2.20. The van der Waals surface area contributed by atoms with Gasteiger partial charge in [-0.1, -0.05) is 38.0 Å². The van der Waals surface area contributed by atoms with Crippen molar-refractivity contribution in [1.82, 2.24) is 9.78 Å². The molecule has 1 aromatic carbocycles. The molecule has 0 spiro atoms. The summed E-state index contributed by atoms with van der Waals surface area (Å²) in [7, 11) is 0. The molecule has 3 heteroatoms. The highest BCUT2D eigenvalue weighted by Crippen LogP contribution is 2.28. The zero-order valence-corrected chi connectivity index (χ0v) is 12.8. The minimum absolute atomic E-state index is 0.831. The summed E-state index contributed by atoms with van der Waals surface area (Å²) in [5.41, 5.74) is 2.57. The van der Waals surface area contributed by atoms with Gasteiger partial charge in [-0.15, -0.1) is 0 Å². The maximum Gasteiger partial charge on any atom is 0.0679 e. The Morgan fingerprint density at radius 3 is 2.71 bits per heavy atom. The summed E-state index contributed by atoms with van der Waals surface area (Å²) in [6.07, 6.45) is 9.37. The van der Waals surface area contributed by atoms with Crippen LogP contribution in [0.5, 0.6) is 0 Å². The van der Waals surface area contributed by atoms with Gasteiger partial charge in [0.15, 0.2) is 0 Å². The summed E-state index contributed by atoms with van der Waals surface area (Å²) in [5.74, 6) is 1.76. The predicted octanol–water partition coefficient (Wildman–Crippen LogP) is 4.17. The van der Waals surface area contributed by atoms with E-state index in [4.69, 9.17) is 0 Å². The molecular weight excluding hydrogens is 258 g/mol. The van der Waals surface area contributed by atoms with Crippen LogP contribution in [0.3, 0.4) is 0 Å². The van der Waals surface area contributed by atoms with Crippen molar-refractivity contribution in [1.29, 1.82) is 0 Å². The van der Waals surface area contributed by atoms with Crippen molar-refractivity contribution >= 4 is 5.69 Å². The average Bonchev–Trinajstić information content (AvgIpc) is 3.01. The highest BCUT2D eigenvalue weighted by molar-refractivity contribution is 5.51. The Balaban J connectivity index is 1.60. The first-order valence-corrected chi connectivity index (χ1v) is 8.10. The number of anilines is 1. The fourth-order valence-corrected chi connectivity index (χ4v) is 3.19. The van der Waals surface area contributed by atoms with Crippen LogP contribution in [-0.2, 0) is 6.54 Å². The van der Waals surface area contributed by atoms with E-state index in [-0.39, 0.29) is 0 Å². The fourth-order valence-electron chi connectivity index (χ4n) is 3.19. The van der Waals surface area contributed by atoms with Crippen LogP contribution in [0.4, 0.5) is 5.69 Å². The Hall–Kier alpha value is -1.77.